The van der Waals surface area contributed by atoms with E-state index in [1.165, 1.54) is 0 Å². The van der Waals surface area contributed by atoms with Crippen LogP contribution in [0, 0.1) is 5.82 Å². The average molecular weight is 181 g/mol. The number of nitrogens with zero attached hydrogens (tertiary/aromatic N) is 1. The summed E-state index contributed by atoms with van der Waals surface area (Å²) < 4.78 is 17.5. The molecule has 0 aromatic carbocycles. The lowest BCUT2D eigenvalue weighted by molar-refractivity contribution is -0.120. The van der Waals surface area contributed by atoms with Crippen molar-refractivity contribution in [1.29, 1.82) is 0 Å². The minimum absolute atomic E-state index is 0.361. The summed E-state index contributed by atoms with van der Waals surface area (Å²) in [4.78, 5) is 22.7. The number of hydrogen-bond acceptors (Lipinski definition) is 3. The van der Waals surface area contributed by atoms with Crippen LogP contribution in [0.2, 0.25) is 0 Å². The molecule has 1 aliphatic heterocycles. The quantitative estimate of drug-likeness (QED) is 0.603. The number of carbonyl (C=O) groups is 2. The van der Waals surface area contributed by atoms with Gasteiger partial charge in [0.25, 0.3) is 11.8 Å². The minimum Gasteiger partial charge on any atom is -0.445 e. The van der Waals surface area contributed by atoms with Crippen molar-refractivity contribution in [3.63, 3.8) is 0 Å². The van der Waals surface area contributed by atoms with Gasteiger partial charge in [-0.2, -0.15) is 0 Å². The van der Waals surface area contributed by atoms with Crippen molar-refractivity contribution in [3.8, 4) is 0 Å². The molecule has 0 bridgehead atoms. The maximum atomic E-state index is 12.9. The molecule has 66 valence electrons. The second-order valence-corrected chi connectivity index (χ2v) is 2.42. The molecule has 0 fully saturated rings. The van der Waals surface area contributed by atoms with Gasteiger partial charge < -0.3 is 4.42 Å². The van der Waals surface area contributed by atoms with Crippen LogP contribution in [0.25, 0.3) is 0 Å². The zero-order valence-corrected chi connectivity index (χ0v) is 6.36. The average Bonchev–Trinajstić information content (AvgIpc) is 2.60. The van der Waals surface area contributed by atoms with E-state index in [0.717, 1.165) is 24.5 Å². The summed E-state index contributed by atoms with van der Waals surface area (Å²) in [5, 5.41) is 0. The summed E-state index contributed by atoms with van der Waals surface area (Å²) in [6.45, 7) is 0. The van der Waals surface area contributed by atoms with Crippen molar-refractivity contribution in [1.82, 2.24) is 0 Å². The first-order chi connectivity index (χ1) is 6.20. The van der Waals surface area contributed by atoms with Gasteiger partial charge in [-0.1, -0.05) is 0 Å². The molecule has 2 heterocycles. The molecule has 0 N–H and O–H groups in total. The maximum Gasteiger partial charge on any atom is 0.260 e. The number of amides is 2. The molecule has 0 radical (unpaired) electrons. The molecule has 0 aliphatic carbocycles. The smallest absolute Gasteiger partial charge is 0.260 e. The molecule has 0 saturated heterocycles. The van der Waals surface area contributed by atoms with Crippen molar-refractivity contribution in [3.05, 3.63) is 30.3 Å². The highest BCUT2D eigenvalue weighted by molar-refractivity contribution is 6.27. The highest BCUT2D eigenvalue weighted by atomic mass is 19.1. The Labute approximate surface area is 72.2 Å². The molecule has 5 heteroatoms. The van der Waals surface area contributed by atoms with E-state index in [2.05, 4.69) is 4.42 Å². The summed E-state index contributed by atoms with van der Waals surface area (Å²) >= 11 is 0. The van der Waals surface area contributed by atoms with E-state index in [1.54, 1.807) is 0 Å². The second kappa shape index (κ2) is 2.55. The van der Waals surface area contributed by atoms with Gasteiger partial charge >= 0.3 is 0 Å². The van der Waals surface area contributed by atoms with Crippen LogP contribution in [0.5, 0.6) is 0 Å². The topological polar surface area (TPSA) is 50.5 Å². The second-order valence-electron chi connectivity index (χ2n) is 2.42. The van der Waals surface area contributed by atoms with Gasteiger partial charge in [-0.05, 0) is 0 Å². The van der Waals surface area contributed by atoms with Gasteiger partial charge in [0, 0.05) is 18.2 Å². The monoisotopic (exact) mass is 181 g/mol. The number of carbonyl (C=O) groups excluding carboxylic acids is 2. The molecule has 0 saturated carbocycles. The van der Waals surface area contributed by atoms with E-state index in [0.29, 0.717) is 4.90 Å². The third kappa shape index (κ3) is 1.05. The molecule has 1 aliphatic rings. The van der Waals surface area contributed by atoms with Gasteiger partial charge in [0.05, 0.1) is 6.26 Å². The first-order valence-corrected chi connectivity index (χ1v) is 3.49. The molecular formula is C8H4FNO3. The lowest BCUT2D eigenvalue weighted by atomic mass is 10.5. The molecule has 0 unspecified atom stereocenters. The van der Waals surface area contributed by atoms with Crippen molar-refractivity contribution in [2.45, 2.75) is 0 Å². The predicted molar refractivity (Wildman–Crippen MR) is 40.3 cm³/mol. The van der Waals surface area contributed by atoms with Gasteiger partial charge in [0.1, 0.15) is 0 Å². The molecule has 1 aromatic heterocycles. The highest BCUT2D eigenvalue weighted by Crippen LogP contribution is 2.22. The van der Waals surface area contributed by atoms with E-state index in [4.69, 9.17) is 0 Å². The lowest BCUT2D eigenvalue weighted by Crippen LogP contribution is -2.29. The molecule has 0 atom stereocenters. The van der Waals surface area contributed by atoms with Gasteiger partial charge in [-0.15, -0.1) is 0 Å². The first-order valence-electron chi connectivity index (χ1n) is 3.49. The zero-order chi connectivity index (χ0) is 9.42. The third-order valence-corrected chi connectivity index (χ3v) is 1.61. The Hall–Kier alpha value is -1.91. The third-order valence-electron chi connectivity index (χ3n) is 1.61. The maximum absolute atomic E-state index is 12.9. The van der Waals surface area contributed by atoms with Crippen molar-refractivity contribution in [2.24, 2.45) is 0 Å². The fraction of sp³-hybridized carbons (Fsp3) is 0. The van der Waals surface area contributed by atoms with Crippen molar-refractivity contribution < 1.29 is 18.4 Å². The van der Waals surface area contributed by atoms with Crippen molar-refractivity contribution in [2.75, 3.05) is 4.90 Å². The Bertz CT molecular complexity index is 389. The summed E-state index contributed by atoms with van der Waals surface area (Å²) in [6.07, 6.45) is 3.19. The standard InChI is InChI=1S/C8H4FNO3/c9-5-3-4-13-8(5)10-6(11)1-2-7(10)12/h1-4H. The van der Waals surface area contributed by atoms with E-state index < -0.39 is 17.6 Å². The largest absolute Gasteiger partial charge is 0.445 e. The molecule has 13 heavy (non-hydrogen) atoms. The van der Waals surface area contributed by atoms with E-state index in [1.807, 2.05) is 0 Å². The molecule has 0 spiro atoms. The van der Waals surface area contributed by atoms with Crippen LogP contribution < -0.4 is 4.90 Å². The molecule has 1 aromatic rings. The van der Waals surface area contributed by atoms with Gasteiger partial charge in [0.2, 0.25) is 5.88 Å². The van der Waals surface area contributed by atoms with Crippen LogP contribution in [0.3, 0.4) is 0 Å². The van der Waals surface area contributed by atoms with E-state index >= 15 is 0 Å². The number of hydrogen-bond donors (Lipinski definition) is 0. The Morgan fingerprint density at radius 3 is 2.31 bits per heavy atom. The van der Waals surface area contributed by atoms with E-state index in [-0.39, 0.29) is 5.88 Å². The van der Waals surface area contributed by atoms with Crippen LogP contribution in [-0.2, 0) is 9.59 Å². The predicted octanol–water partition coefficient (Wildman–Crippen LogP) is 0.848. The van der Waals surface area contributed by atoms with E-state index in [9.17, 15) is 14.0 Å². The molecule has 2 amide bonds. The highest BCUT2D eigenvalue weighted by Gasteiger charge is 2.29. The number of anilines is 1. The number of rotatable bonds is 1. The van der Waals surface area contributed by atoms with Crippen LogP contribution in [0.4, 0.5) is 10.3 Å². The van der Waals surface area contributed by atoms with Crippen LogP contribution in [0.15, 0.2) is 28.9 Å². The Morgan fingerprint density at radius 1 is 1.23 bits per heavy atom. The molecular weight excluding hydrogens is 177 g/mol. The summed E-state index contributed by atoms with van der Waals surface area (Å²) in [5.41, 5.74) is 0. The lowest BCUT2D eigenvalue weighted by Gasteiger charge is -2.08. The molecule has 2 rings (SSSR count). The number of furan rings is 1. The van der Waals surface area contributed by atoms with Crippen LogP contribution >= 0.6 is 0 Å². The fourth-order valence-electron chi connectivity index (χ4n) is 1.05. The fourth-order valence-corrected chi connectivity index (χ4v) is 1.05. The van der Waals surface area contributed by atoms with Gasteiger partial charge in [-0.25, -0.2) is 9.29 Å². The summed E-state index contributed by atoms with van der Waals surface area (Å²) in [5.74, 6) is -2.29. The Kier molecular flexibility index (Phi) is 1.51. The Morgan fingerprint density at radius 2 is 1.85 bits per heavy atom. The number of halogens is 1. The summed E-state index contributed by atoms with van der Waals surface area (Å²) in [7, 11) is 0. The molecule has 4 nitrogen and oxygen atoms in total. The zero-order valence-electron chi connectivity index (χ0n) is 6.36. The Balaban J connectivity index is 2.43. The van der Waals surface area contributed by atoms with Gasteiger partial charge in [-0.3, -0.25) is 9.59 Å². The normalized spacial score (nSPS) is 15.9. The van der Waals surface area contributed by atoms with Crippen molar-refractivity contribution >= 4 is 17.7 Å². The minimum atomic E-state index is -0.731. The van der Waals surface area contributed by atoms with Crippen LogP contribution in [-0.4, -0.2) is 11.8 Å². The first kappa shape index (κ1) is 7.72. The van der Waals surface area contributed by atoms with Crippen LogP contribution in [0.1, 0.15) is 0 Å². The number of imide groups is 1. The SMILES string of the molecule is O=C1C=CC(=O)N1c1occc1F. The summed E-state index contributed by atoms with van der Waals surface area (Å²) in [6, 6.07) is 1.04. The van der Waals surface area contributed by atoms with Gasteiger partial charge in [0.15, 0.2) is 5.82 Å².